The van der Waals surface area contributed by atoms with Crippen LogP contribution >= 0.6 is 11.3 Å². The maximum Gasteiger partial charge on any atom is 0.114 e. The lowest BCUT2D eigenvalue weighted by Crippen LogP contribution is -2.21. The maximum absolute atomic E-state index is 4.64. The third kappa shape index (κ3) is 2.60. The standard InChI is InChI=1S/C17H18N2S/c1-3-18-16(17-19-12(2)11-20-17)15-9-8-13-6-4-5-7-14(13)10-15/h4-11,16,18H,3H2,1-2H3. The largest absolute Gasteiger partial charge is 0.305 e. The molecular formula is C17H18N2S. The van der Waals surface area contributed by atoms with Crippen LogP contribution < -0.4 is 5.32 Å². The van der Waals surface area contributed by atoms with Gasteiger partial charge in [-0.2, -0.15) is 0 Å². The number of nitrogens with zero attached hydrogens (tertiary/aromatic N) is 1. The van der Waals surface area contributed by atoms with Crippen molar-refractivity contribution in [2.24, 2.45) is 0 Å². The summed E-state index contributed by atoms with van der Waals surface area (Å²) in [7, 11) is 0. The summed E-state index contributed by atoms with van der Waals surface area (Å²) in [5.41, 5.74) is 2.37. The lowest BCUT2D eigenvalue weighted by molar-refractivity contribution is 0.627. The van der Waals surface area contributed by atoms with Gasteiger partial charge in [0.15, 0.2) is 0 Å². The normalized spacial score (nSPS) is 12.7. The molecule has 3 rings (SSSR count). The van der Waals surface area contributed by atoms with Crippen molar-refractivity contribution in [3.63, 3.8) is 0 Å². The third-order valence-electron chi connectivity index (χ3n) is 3.40. The summed E-state index contributed by atoms with van der Waals surface area (Å²) < 4.78 is 0. The van der Waals surface area contributed by atoms with Crippen molar-refractivity contribution in [3.8, 4) is 0 Å². The summed E-state index contributed by atoms with van der Waals surface area (Å²) in [6.07, 6.45) is 0. The fourth-order valence-electron chi connectivity index (χ4n) is 2.44. The molecule has 1 aromatic heterocycles. The molecule has 0 aliphatic carbocycles. The molecule has 0 aliphatic heterocycles. The smallest absolute Gasteiger partial charge is 0.114 e. The summed E-state index contributed by atoms with van der Waals surface area (Å²) in [6.45, 7) is 5.11. The second kappa shape index (κ2) is 5.73. The van der Waals surface area contributed by atoms with Gasteiger partial charge in [-0.25, -0.2) is 4.98 Å². The van der Waals surface area contributed by atoms with Gasteiger partial charge in [0.2, 0.25) is 0 Å². The Morgan fingerprint density at radius 1 is 1.15 bits per heavy atom. The van der Waals surface area contributed by atoms with E-state index in [1.165, 1.54) is 16.3 Å². The van der Waals surface area contributed by atoms with Gasteiger partial charge in [0.1, 0.15) is 5.01 Å². The first kappa shape index (κ1) is 13.3. The van der Waals surface area contributed by atoms with Gasteiger partial charge >= 0.3 is 0 Å². The quantitative estimate of drug-likeness (QED) is 0.771. The molecule has 0 spiro atoms. The molecule has 0 aliphatic rings. The molecule has 1 atom stereocenters. The average Bonchev–Trinajstić information content (AvgIpc) is 2.90. The van der Waals surface area contributed by atoms with Crippen LogP contribution in [0, 0.1) is 6.92 Å². The van der Waals surface area contributed by atoms with E-state index in [1.807, 2.05) is 6.92 Å². The van der Waals surface area contributed by atoms with E-state index in [0.29, 0.717) is 0 Å². The average molecular weight is 282 g/mol. The van der Waals surface area contributed by atoms with Crippen LogP contribution in [0.15, 0.2) is 47.8 Å². The van der Waals surface area contributed by atoms with Gasteiger partial charge in [0.05, 0.1) is 6.04 Å². The molecule has 0 saturated carbocycles. The number of benzene rings is 2. The number of nitrogens with one attached hydrogen (secondary N) is 1. The molecule has 2 nitrogen and oxygen atoms in total. The fraction of sp³-hybridized carbons (Fsp3) is 0.235. The summed E-state index contributed by atoms with van der Waals surface area (Å²) in [5, 5.41) is 9.35. The maximum atomic E-state index is 4.64. The highest BCUT2D eigenvalue weighted by molar-refractivity contribution is 7.09. The second-order valence-electron chi connectivity index (χ2n) is 4.92. The number of aryl methyl sites for hydroxylation is 1. The fourth-order valence-corrected chi connectivity index (χ4v) is 3.34. The molecule has 0 bridgehead atoms. The van der Waals surface area contributed by atoms with Crippen molar-refractivity contribution >= 4 is 22.1 Å². The van der Waals surface area contributed by atoms with Crippen LogP contribution in [-0.2, 0) is 0 Å². The highest BCUT2D eigenvalue weighted by Crippen LogP contribution is 2.27. The first-order valence-corrected chi connectivity index (χ1v) is 7.80. The van der Waals surface area contributed by atoms with Crippen molar-refractivity contribution in [1.29, 1.82) is 0 Å². The zero-order valence-electron chi connectivity index (χ0n) is 11.8. The summed E-state index contributed by atoms with van der Waals surface area (Å²) in [4.78, 5) is 4.64. The van der Waals surface area contributed by atoms with Crippen molar-refractivity contribution in [3.05, 3.63) is 64.1 Å². The van der Waals surface area contributed by atoms with E-state index in [4.69, 9.17) is 0 Å². The Bertz CT molecular complexity index is 718. The van der Waals surface area contributed by atoms with Gasteiger partial charge < -0.3 is 5.32 Å². The number of hydrogen-bond donors (Lipinski definition) is 1. The van der Waals surface area contributed by atoms with E-state index >= 15 is 0 Å². The minimum Gasteiger partial charge on any atom is -0.305 e. The van der Waals surface area contributed by atoms with Crippen LogP contribution in [0.2, 0.25) is 0 Å². The molecule has 1 N–H and O–H groups in total. The summed E-state index contributed by atoms with van der Waals surface area (Å²) in [5.74, 6) is 0. The van der Waals surface area contributed by atoms with Gasteiger partial charge in [0.25, 0.3) is 0 Å². The first-order chi connectivity index (χ1) is 9.78. The molecular weight excluding hydrogens is 264 g/mol. The second-order valence-corrected chi connectivity index (χ2v) is 5.81. The summed E-state index contributed by atoms with van der Waals surface area (Å²) in [6, 6.07) is 15.3. The molecule has 3 aromatic rings. The Labute approximate surface area is 123 Å². The Kier molecular flexibility index (Phi) is 3.81. The van der Waals surface area contributed by atoms with Crippen LogP contribution in [0.3, 0.4) is 0 Å². The number of aromatic nitrogens is 1. The van der Waals surface area contributed by atoms with E-state index in [9.17, 15) is 0 Å². The predicted molar refractivity (Wildman–Crippen MR) is 86.3 cm³/mol. The molecule has 0 radical (unpaired) electrons. The van der Waals surface area contributed by atoms with Crippen molar-refractivity contribution < 1.29 is 0 Å². The van der Waals surface area contributed by atoms with E-state index in [1.54, 1.807) is 11.3 Å². The van der Waals surface area contributed by atoms with Crippen LogP contribution in [0.1, 0.15) is 29.2 Å². The minimum atomic E-state index is 0.184. The van der Waals surface area contributed by atoms with E-state index in [-0.39, 0.29) is 6.04 Å². The molecule has 1 unspecified atom stereocenters. The molecule has 0 amide bonds. The zero-order valence-corrected chi connectivity index (χ0v) is 12.6. The van der Waals surface area contributed by atoms with Gasteiger partial charge in [-0.05, 0) is 35.9 Å². The van der Waals surface area contributed by atoms with Crippen molar-refractivity contribution in [2.45, 2.75) is 19.9 Å². The lowest BCUT2D eigenvalue weighted by Gasteiger charge is -2.16. The van der Waals surface area contributed by atoms with E-state index in [2.05, 4.69) is 65.1 Å². The van der Waals surface area contributed by atoms with Gasteiger partial charge in [-0.3, -0.25) is 0 Å². The zero-order chi connectivity index (χ0) is 13.9. The lowest BCUT2D eigenvalue weighted by atomic mass is 10.0. The molecule has 102 valence electrons. The van der Waals surface area contributed by atoms with Gasteiger partial charge in [0, 0.05) is 11.1 Å². The van der Waals surface area contributed by atoms with Crippen LogP contribution in [0.4, 0.5) is 0 Å². The number of rotatable bonds is 4. The highest BCUT2D eigenvalue weighted by Gasteiger charge is 2.16. The number of thiazole rings is 1. The third-order valence-corrected chi connectivity index (χ3v) is 4.43. The molecule has 0 fully saturated rings. The topological polar surface area (TPSA) is 24.9 Å². The monoisotopic (exact) mass is 282 g/mol. The Balaban J connectivity index is 2.04. The Morgan fingerprint density at radius 3 is 2.65 bits per heavy atom. The SMILES string of the molecule is CCNC(c1ccc2ccccc2c1)c1nc(C)cs1. The van der Waals surface area contributed by atoms with Crippen molar-refractivity contribution in [2.75, 3.05) is 6.54 Å². The van der Waals surface area contributed by atoms with Crippen LogP contribution in [0.25, 0.3) is 10.8 Å². The highest BCUT2D eigenvalue weighted by atomic mass is 32.1. The molecule has 0 saturated heterocycles. The number of fused-ring (bicyclic) bond motifs is 1. The Morgan fingerprint density at radius 2 is 1.95 bits per heavy atom. The molecule has 1 heterocycles. The molecule has 2 aromatic carbocycles. The summed E-state index contributed by atoms with van der Waals surface area (Å²) >= 11 is 1.72. The van der Waals surface area contributed by atoms with Gasteiger partial charge in [-0.15, -0.1) is 11.3 Å². The Hall–Kier alpha value is -1.71. The molecule has 3 heteroatoms. The minimum absolute atomic E-state index is 0.184. The van der Waals surface area contributed by atoms with E-state index < -0.39 is 0 Å². The molecule has 20 heavy (non-hydrogen) atoms. The van der Waals surface area contributed by atoms with Crippen LogP contribution in [-0.4, -0.2) is 11.5 Å². The van der Waals surface area contributed by atoms with Crippen LogP contribution in [0.5, 0.6) is 0 Å². The van der Waals surface area contributed by atoms with Crippen molar-refractivity contribution in [1.82, 2.24) is 10.3 Å². The number of hydrogen-bond acceptors (Lipinski definition) is 3. The first-order valence-electron chi connectivity index (χ1n) is 6.92. The van der Waals surface area contributed by atoms with Gasteiger partial charge in [-0.1, -0.05) is 43.3 Å². The predicted octanol–water partition coefficient (Wildman–Crippen LogP) is 4.30. The van der Waals surface area contributed by atoms with E-state index in [0.717, 1.165) is 17.2 Å².